The molecule has 3 rings (SSSR count). The molecule has 0 aliphatic heterocycles. The van der Waals surface area contributed by atoms with E-state index in [4.69, 9.17) is 4.74 Å². The zero-order chi connectivity index (χ0) is 21.0. The number of hydrogen-bond donors (Lipinski definition) is 1. The summed E-state index contributed by atoms with van der Waals surface area (Å²) < 4.78 is 28.0. The number of amides is 1. The molecule has 1 aliphatic carbocycles. The molecule has 0 spiro atoms. The van der Waals surface area contributed by atoms with Gasteiger partial charge in [0.25, 0.3) is 5.91 Å². The predicted octanol–water partition coefficient (Wildman–Crippen LogP) is 2.97. The standard InChI is InChI=1S/C22H25NO5S/c1-15(21(24)23-20-9-5-7-17-6-3-4-8-19(17)20)28-22(25)18-12-10-16(11-13-18)14-29(2,26)27/h3-4,6,8,10-13,15,20H,5,7,9,14H2,1-2H3,(H,23,24)/t15-,20+/m0/s1. The Bertz CT molecular complexity index is 998. The molecule has 154 valence electrons. The number of rotatable bonds is 6. The van der Waals surface area contributed by atoms with Gasteiger partial charge >= 0.3 is 5.97 Å². The molecular formula is C22H25NO5S. The zero-order valence-corrected chi connectivity index (χ0v) is 17.4. The highest BCUT2D eigenvalue weighted by atomic mass is 32.2. The van der Waals surface area contributed by atoms with E-state index in [1.165, 1.54) is 17.7 Å². The number of sulfone groups is 1. The average molecular weight is 416 g/mol. The first-order valence-corrected chi connectivity index (χ1v) is 11.6. The predicted molar refractivity (Wildman–Crippen MR) is 110 cm³/mol. The molecule has 2 atom stereocenters. The van der Waals surface area contributed by atoms with Crippen LogP contribution >= 0.6 is 0 Å². The average Bonchev–Trinajstić information content (AvgIpc) is 2.67. The van der Waals surface area contributed by atoms with E-state index in [1.807, 2.05) is 18.2 Å². The second kappa shape index (κ2) is 8.78. The molecule has 1 amide bonds. The number of benzene rings is 2. The van der Waals surface area contributed by atoms with Gasteiger partial charge in [-0.15, -0.1) is 0 Å². The van der Waals surface area contributed by atoms with Crippen molar-refractivity contribution in [1.29, 1.82) is 0 Å². The molecule has 0 fully saturated rings. The van der Waals surface area contributed by atoms with Gasteiger partial charge in [-0.2, -0.15) is 0 Å². The van der Waals surface area contributed by atoms with Crippen LogP contribution in [0, 0.1) is 0 Å². The van der Waals surface area contributed by atoms with Crippen LogP contribution in [0.1, 0.15) is 52.9 Å². The fraction of sp³-hybridized carbons (Fsp3) is 0.364. The van der Waals surface area contributed by atoms with E-state index in [0.717, 1.165) is 31.1 Å². The largest absolute Gasteiger partial charge is 0.449 e. The van der Waals surface area contributed by atoms with Crippen molar-refractivity contribution in [1.82, 2.24) is 5.32 Å². The Balaban J connectivity index is 1.59. The molecule has 6 nitrogen and oxygen atoms in total. The van der Waals surface area contributed by atoms with Gasteiger partial charge in [-0.05, 0) is 55.0 Å². The maximum atomic E-state index is 12.5. The Labute approximate surface area is 171 Å². The first-order chi connectivity index (χ1) is 13.7. The van der Waals surface area contributed by atoms with Crippen molar-refractivity contribution in [2.45, 2.75) is 44.1 Å². The van der Waals surface area contributed by atoms with Crippen LogP contribution in [0.4, 0.5) is 0 Å². The topological polar surface area (TPSA) is 89.5 Å². The molecule has 0 bridgehead atoms. The van der Waals surface area contributed by atoms with Crippen molar-refractivity contribution in [3.05, 3.63) is 70.8 Å². The highest BCUT2D eigenvalue weighted by Gasteiger charge is 2.25. The SMILES string of the molecule is C[C@H](OC(=O)c1ccc(CS(C)(=O)=O)cc1)C(=O)N[C@@H]1CCCc2ccccc21. The summed E-state index contributed by atoms with van der Waals surface area (Å²) in [6.45, 7) is 1.54. The van der Waals surface area contributed by atoms with Crippen LogP contribution in [-0.2, 0) is 31.5 Å². The summed E-state index contributed by atoms with van der Waals surface area (Å²) in [4.78, 5) is 24.9. The summed E-state index contributed by atoms with van der Waals surface area (Å²) in [5.74, 6) is -1.05. The van der Waals surface area contributed by atoms with Gasteiger partial charge in [-0.25, -0.2) is 13.2 Å². The summed E-state index contributed by atoms with van der Waals surface area (Å²) in [7, 11) is -3.15. The van der Waals surface area contributed by atoms with Crippen molar-refractivity contribution < 1.29 is 22.7 Å². The third kappa shape index (κ3) is 5.67. The van der Waals surface area contributed by atoms with E-state index in [2.05, 4.69) is 11.4 Å². The minimum absolute atomic E-state index is 0.0797. The zero-order valence-electron chi connectivity index (χ0n) is 16.6. The summed E-state index contributed by atoms with van der Waals surface area (Å²) in [6.07, 6.45) is 3.07. The van der Waals surface area contributed by atoms with E-state index >= 15 is 0 Å². The van der Waals surface area contributed by atoms with Crippen molar-refractivity contribution in [2.24, 2.45) is 0 Å². The van der Waals surface area contributed by atoms with Crippen LogP contribution in [0.25, 0.3) is 0 Å². The van der Waals surface area contributed by atoms with E-state index < -0.39 is 21.9 Å². The van der Waals surface area contributed by atoms with Crippen LogP contribution in [0.5, 0.6) is 0 Å². The normalized spacial score (nSPS) is 17.1. The second-order valence-corrected chi connectivity index (χ2v) is 9.61. The van der Waals surface area contributed by atoms with Crippen LogP contribution < -0.4 is 5.32 Å². The van der Waals surface area contributed by atoms with Gasteiger partial charge in [0.05, 0.1) is 17.4 Å². The minimum atomic E-state index is -3.15. The van der Waals surface area contributed by atoms with Gasteiger partial charge in [0.1, 0.15) is 0 Å². The number of esters is 1. The molecule has 0 saturated heterocycles. The number of carbonyl (C=O) groups excluding carboxylic acids is 2. The van der Waals surface area contributed by atoms with Gasteiger partial charge in [0, 0.05) is 6.26 Å². The Kier molecular flexibility index (Phi) is 6.37. The molecule has 1 aliphatic rings. The lowest BCUT2D eigenvalue weighted by molar-refractivity contribution is -0.130. The minimum Gasteiger partial charge on any atom is -0.449 e. The Hall–Kier alpha value is -2.67. The lowest BCUT2D eigenvalue weighted by Crippen LogP contribution is -2.39. The van der Waals surface area contributed by atoms with Crippen molar-refractivity contribution in [3.8, 4) is 0 Å². The molecule has 1 N–H and O–H groups in total. The number of nitrogens with one attached hydrogen (secondary N) is 1. The second-order valence-electron chi connectivity index (χ2n) is 7.47. The monoisotopic (exact) mass is 415 g/mol. The van der Waals surface area contributed by atoms with Crippen LogP contribution in [-0.4, -0.2) is 32.7 Å². The molecule has 0 saturated carbocycles. The van der Waals surface area contributed by atoms with Crippen molar-refractivity contribution in [3.63, 3.8) is 0 Å². The van der Waals surface area contributed by atoms with Crippen molar-refractivity contribution >= 4 is 21.7 Å². The molecule has 0 aromatic heterocycles. The van der Waals surface area contributed by atoms with E-state index in [0.29, 0.717) is 5.56 Å². The summed E-state index contributed by atoms with van der Waals surface area (Å²) in [5.41, 5.74) is 3.21. The smallest absolute Gasteiger partial charge is 0.338 e. The highest BCUT2D eigenvalue weighted by Crippen LogP contribution is 2.29. The molecule has 7 heteroatoms. The number of aryl methyl sites for hydroxylation is 1. The summed E-state index contributed by atoms with van der Waals surface area (Å²) in [6, 6.07) is 14.1. The van der Waals surface area contributed by atoms with Crippen LogP contribution in [0.2, 0.25) is 0 Å². The Morgan fingerprint density at radius 2 is 1.83 bits per heavy atom. The lowest BCUT2D eigenvalue weighted by Gasteiger charge is -2.27. The molecule has 29 heavy (non-hydrogen) atoms. The summed E-state index contributed by atoms with van der Waals surface area (Å²) >= 11 is 0. The third-order valence-electron chi connectivity index (χ3n) is 4.96. The third-order valence-corrected chi connectivity index (χ3v) is 5.82. The number of ether oxygens (including phenoxy) is 1. The van der Waals surface area contributed by atoms with Crippen LogP contribution in [0.15, 0.2) is 48.5 Å². The summed E-state index contributed by atoms with van der Waals surface area (Å²) in [5, 5.41) is 2.98. The first-order valence-electron chi connectivity index (χ1n) is 9.59. The number of carbonyl (C=O) groups is 2. The molecule has 0 heterocycles. The molecule has 2 aromatic rings. The fourth-order valence-electron chi connectivity index (χ4n) is 3.51. The molecular weight excluding hydrogens is 390 g/mol. The van der Waals surface area contributed by atoms with E-state index in [-0.39, 0.29) is 23.3 Å². The maximum absolute atomic E-state index is 12.5. The fourth-order valence-corrected chi connectivity index (χ4v) is 4.31. The first kappa shape index (κ1) is 21.0. The van der Waals surface area contributed by atoms with Gasteiger partial charge < -0.3 is 10.1 Å². The molecule has 0 radical (unpaired) electrons. The Morgan fingerprint density at radius 3 is 2.52 bits per heavy atom. The van der Waals surface area contributed by atoms with Gasteiger partial charge in [-0.3, -0.25) is 4.79 Å². The number of hydrogen-bond acceptors (Lipinski definition) is 5. The van der Waals surface area contributed by atoms with E-state index in [9.17, 15) is 18.0 Å². The van der Waals surface area contributed by atoms with Gasteiger partial charge in [0.2, 0.25) is 0 Å². The highest BCUT2D eigenvalue weighted by molar-refractivity contribution is 7.89. The van der Waals surface area contributed by atoms with Gasteiger partial charge in [-0.1, -0.05) is 36.4 Å². The van der Waals surface area contributed by atoms with E-state index in [1.54, 1.807) is 19.1 Å². The quantitative estimate of drug-likeness (QED) is 0.733. The Morgan fingerprint density at radius 1 is 1.14 bits per heavy atom. The number of fused-ring (bicyclic) bond motifs is 1. The molecule has 0 unspecified atom stereocenters. The lowest BCUT2D eigenvalue weighted by atomic mass is 9.87. The van der Waals surface area contributed by atoms with Gasteiger partial charge in [0.15, 0.2) is 15.9 Å². The maximum Gasteiger partial charge on any atom is 0.338 e. The molecule has 2 aromatic carbocycles. The van der Waals surface area contributed by atoms with Crippen molar-refractivity contribution in [2.75, 3.05) is 6.26 Å². The van der Waals surface area contributed by atoms with Crippen LogP contribution in [0.3, 0.4) is 0 Å².